The highest BCUT2D eigenvalue weighted by molar-refractivity contribution is 5.87. The van der Waals surface area contributed by atoms with E-state index in [-0.39, 0.29) is 35.7 Å². The van der Waals surface area contributed by atoms with Crippen molar-refractivity contribution in [2.45, 2.75) is 98.4 Å². The predicted octanol–water partition coefficient (Wildman–Crippen LogP) is 7.23. The summed E-state index contributed by atoms with van der Waals surface area (Å²) in [4.78, 5) is 71.2. The van der Waals surface area contributed by atoms with Gasteiger partial charge in [0.25, 0.3) is 0 Å². The largest absolute Gasteiger partial charge is 0.453 e. The highest BCUT2D eigenvalue weighted by atomic mass is 16.5. The molecule has 1 aliphatic rings. The first kappa shape index (κ1) is 43.0. The van der Waals surface area contributed by atoms with Crippen LogP contribution < -0.4 is 10.6 Å². The molecule has 0 bridgehead atoms. The Morgan fingerprint density at radius 1 is 0.810 bits per heavy atom. The van der Waals surface area contributed by atoms with Gasteiger partial charge in [-0.05, 0) is 75.1 Å². The van der Waals surface area contributed by atoms with Crippen molar-refractivity contribution < 1.29 is 28.7 Å². The van der Waals surface area contributed by atoms with Gasteiger partial charge in [-0.25, -0.2) is 19.6 Å². The molecule has 14 nitrogen and oxygen atoms in total. The zero-order valence-corrected chi connectivity index (χ0v) is 35.1. The first-order chi connectivity index (χ1) is 27.7. The molecule has 2 aromatic heterocycles. The Bertz CT molecular complexity index is 2140. The maximum atomic E-state index is 13.8. The predicted molar refractivity (Wildman–Crippen MR) is 222 cm³/mol. The Morgan fingerprint density at radius 3 is 2.00 bits per heavy atom. The molecular weight excluding hydrogens is 737 g/mol. The molecule has 308 valence electrons. The van der Waals surface area contributed by atoms with Gasteiger partial charge in [-0.1, -0.05) is 70.0 Å². The van der Waals surface area contributed by atoms with E-state index in [1.807, 2.05) is 78.8 Å². The Hall–Kier alpha value is -6.10. The number of carbonyl (C=O) groups is 4. The summed E-state index contributed by atoms with van der Waals surface area (Å²) in [7, 11) is 2.56. The summed E-state index contributed by atoms with van der Waals surface area (Å²) in [6.45, 7) is 15.7. The summed E-state index contributed by atoms with van der Waals surface area (Å²) in [6, 6.07) is 12.0. The lowest BCUT2D eigenvalue weighted by Gasteiger charge is -2.36. The quantitative estimate of drug-likeness (QED) is 0.103. The van der Waals surface area contributed by atoms with E-state index in [0.29, 0.717) is 18.2 Å². The molecule has 3 heterocycles. The number of amides is 4. The molecule has 58 heavy (non-hydrogen) atoms. The maximum Gasteiger partial charge on any atom is 0.407 e. The zero-order chi connectivity index (χ0) is 42.3. The van der Waals surface area contributed by atoms with E-state index in [1.54, 1.807) is 29.1 Å². The van der Waals surface area contributed by atoms with Crippen LogP contribution in [0.1, 0.15) is 97.5 Å². The van der Waals surface area contributed by atoms with Crippen molar-refractivity contribution in [3.8, 4) is 45.5 Å². The van der Waals surface area contributed by atoms with E-state index in [2.05, 4.69) is 54.5 Å². The molecule has 2 aromatic carbocycles. The molecular formula is C44H56N8O6. The van der Waals surface area contributed by atoms with Gasteiger partial charge in [0, 0.05) is 23.7 Å². The molecule has 14 heteroatoms. The second-order valence-corrected chi connectivity index (χ2v) is 15.5. The third kappa shape index (κ3) is 9.53. The highest BCUT2D eigenvalue weighted by Gasteiger charge is 2.38. The van der Waals surface area contributed by atoms with Crippen LogP contribution in [0, 0.1) is 23.7 Å². The summed E-state index contributed by atoms with van der Waals surface area (Å²) in [6.07, 6.45) is 3.86. The summed E-state index contributed by atoms with van der Waals surface area (Å²) in [5.41, 5.74) is 6.26. The van der Waals surface area contributed by atoms with E-state index in [0.717, 1.165) is 52.0 Å². The van der Waals surface area contributed by atoms with Gasteiger partial charge in [0.2, 0.25) is 11.8 Å². The lowest BCUT2D eigenvalue weighted by atomic mass is 9.96. The number of carbonyl (C=O) groups excluding carboxylic acids is 4. The van der Waals surface area contributed by atoms with Crippen molar-refractivity contribution in [3.63, 3.8) is 0 Å². The number of H-pyrrole nitrogens is 2. The number of benzene rings is 2. The summed E-state index contributed by atoms with van der Waals surface area (Å²) >= 11 is 0. The molecule has 4 amide bonds. The van der Waals surface area contributed by atoms with E-state index >= 15 is 0 Å². The second kappa shape index (κ2) is 18.9. The Kier molecular flexibility index (Phi) is 14.0. The van der Waals surface area contributed by atoms with Gasteiger partial charge in [-0.15, -0.1) is 5.92 Å². The fourth-order valence-corrected chi connectivity index (χ4v) is 7.46. The van der Waals surface area contributed by atoms with E-state index < -0.39 is 30.3 Å². The van der Waals surface area contributed by atoms with Crippen LogP contribution >= 0.6 is 0 Å². The molecule has 0 radical (unpaired) electrons. The van der Waals surface area contributed by atoms with Crippen LogP contribution in [0.4, 0.5) is 9.59 Å². The van der Waals surface area contributed by atoms with Crippen LogP contribution in [0.5, 0.6) is 0 Å². The molecule has 0 saturated carbocycles. The van der Waals surface area contributed by atoms with Gasteiger partial charge < -0.3 is 39.9 Å². The van der Waals surface area contributed by atoms with Crippen LogP contribution in [0.15, 0.2) is 54.9 Å². The third-order valence-corrected chi connectivity index (χ3v) is 10.5. The van der Waals surface area contributed by atoms with Gasteiger partial charge in [0.1, 0.15) is 23.7 Å². The van der Waals surface area contributed by atoms with E-state index in [9.17, 15) is 19.2 Å². The second-order valence-electron chi connectivity index (χ2n) is 15.5. The van der Waals surface area contributed by atoms with E-state index in [1.165, 1.54) is 14.2 Å². The maximum absolute atomic E-state index is 13.8. The van der Waals surface area contributed by atoms with Gasteiger partial charge in [-0.3, -0.25) is 9.59 Å². The number of ether oxygens (including phenoxy) is 2. The fourth-order valence-electron chi connectivity index (χ4n) is 7.46. The van der Waals surface area contributed by atoms with Crippen molar-refractivity contribution in [1.29, 1.82) is 0 Å². The van der Waals surface area contributed by atoms with Crippen LogP contribution in [0.25, 0.3) is 33.6 Å². The summed E-state index contributed by atoms with van der Waals surface area (Å²) in [5, 5.41) is 5.38. The molecule has 4 aromatic rings. The lowest BCUT2D eigenvalue weighted by Crippen LogP contribution is -2.53. The van der Waals surface area contributed by atoms with Crippen LogP contribution in [-0.4, -0.2) is 92.6 Å². The van der Waals surface area contributed by atoms with Crippen molar-refractivity contribution in [2.24, 2.45) is 11.8 Å². The Labute approximate surface area is 340 Å². The number of imidazole rings is 2. The third-order valence-electron chi connectivity index (χ3n) is 10.5. The monoisotopic (exact) mass is 792 g/mol. The highest BCUT2D eigenvalue weighted by Crippen LogP contribution is 2.34. The Morgan fingerprint density at radius 2 is 1.40 bits per heavy atom. The molecule has 1 fully saturated rings. The van der Waals surface area contributed by atoms with Gasteiger partial charge in [0.15, 0.2) is 0 Å². The number of likely N-dealkylation sites (tertiary alicyclic amines) is 1. The zero-order valence-electron chi connectivity index (χ0n) is 35.1. The number of rotatable bonds is 13. The minimum absolute atomic E-state index is 0.117. The molecule has 0 aliphatic carbocycles. The molecule has 1 aliphatic heterocycles. The first-order valence-electron chi connectivity index (χ1n) is 19.8. The Balaban J connectivity index is 1.34. The van der Waals surface area contributed by atoms with Gasteiger partial charge >= 0.3 is 12.2 Å². The number of aromatic amines is 2. The van der Waals surface area contributed by atoms with Gasteiger partial charge in [-0.2, -0.15) is 0 Å². The molecule has 0 spiro atoms. The normalized spacial score (nSPS) is 15.4. The van der Waals surface area contributed by atoms with Crippen LogP contribution in [-0.2, 0) is 19.1 Å². The fraction of sp³-hybridized carbons (Fsp3) is 0.455. The van der Waals surface area contributed by atoms with Crippen molar-refractivity contribution in [2.75, 3.05) is 20.8 Å². The van der Waals surface area contributed by atoms with Crippen molar-refractivity contribution in [3.05, 3.63) is 72.1 Å². The lowest BCUT2D eigenvalue weighted by molar-refractivity contribution is -0.139. The topological polar surface area (TPSA) is 175 Å². The number of aromatic nitrogens is 4. The van der Waals surface area contributed by atoms with E-state index in [4.69, 9.17) is 9.47 Å². The SMILES string of the molecule is CC#Cc1cc(-c2cnc([C@H](C)N(C(=O)[C@@H](NC(=O)OC)C(C)C)C(C)C)[nH]2)ccc1-c1ccc(-c2cnc([C@@H]3CCCN3C(=O)[C@@H](NC(=O)OC)C(C)C)[nH]2)cc1. The average molecular weight is 793 g/mol. The smallest absolute Gasteiger partial charge is 0.407 e. The first-order valence-corrected chi connectivity index (χ1v) is 19.8. The number of nitrogens with one attached hydrogen (secondary N) is 4. The minimum Gasteiger partial charge on any atom is -0.453 e. The number of alkyl carbamates (subject to hydrolysis) is 2. The standard InChI is InChI=1S/C44H56N8O6/c1-11-13-31-22-32(35-24-45-39(47-35)28(8)52(27(6)7)42(54)38(26(4)5)50-44(56)58-10)19-20-33(31)29-15-17-30(18-16-29)34-23-46-40(48-34)36-14-12-21-51(36)41(53)37(25(2)3)49-43(55)57-9/h15-20,22-28,36-38H,12,14,21H2,1-10H3,(H,45,47)(H,46,48)(H,49,55)(H,50,56)/t28-,36-,37-,38-/m0/s1. The summed E-state index contributed by atoms with van der Waals surface area (Å²) in [5.74, 6) is 6.99. The molecule has 1 saturated heterocycles. The molecule has 4 N–H and O–H groups in total. The van der Waals surface area contributed by atoms with Crippen LogP contribution in [0.3, 0.4) is 0 Å². The summed E-state index contributed by atoms with van der Waals surface area (Å²) < 4.78 is 9.54. The number of nitrogens with zero attached hydrogens (tertiary/aromatic N) is 4. The molecule has 4 atom stereocenters. The number of hydrogen-bond acceptors (Lipinski definition) is 8. The minimum atomic E-state index is -0.762. The van der Waals surface area contributed by atoms with Gasteiger partial charge in [0.05, 0.1) is 50.1 Å². The van der Waals surface area contributed by atoms with Crippen molar-refractivity contribution in [1.82, 2.24) is 40.4 Å². The van der Waals surface area contributed by atoms with Crippen molar-refractivity contribution >= 4 is 24.0 Å². The number of hydrogen-bond donors (Lipinski definition) is 4. The molecule has 0 unspecified atom stereocenters. The number of methoxy groups -OCH3 is 2. The van der Waals surface area contributed by atoms with Crippen LogP contribution in [0.2, 0.25) is 0 Å². The molecule has 5 rings (SSSR count). The average Bonchev–Trinajstić information content (AvgIpc) is 4.00.